The summed E-state index contributed by atoms with van der Waals surface area (Å²) in [5.41, 5.74) is 0.611. The Morgan fingerprint density at radius 2 is 2.13 bits per heavy atom. The molecule has 23 heavy (non-hydrogen) atoms. The number of aliphatic hydroxyl groups excluding tert-OH is 1. The summed E-state index contributed by atoms with van der Waals surface area (Å²) in [5, 5.41) is 11.7. The molecule has 1 aromatic rings. The summed E-state index contributed by atoms with van der Waals surface area (Å²) >= 11 is 0.485. The van der Waals surface area contributed by atoms with Gasteiger partial charge in [-0.1, -0.05) is 11.8 Å². The van der Waals surface area contributed by atoms with Gasteiger partial charge in [-0.15, -0.1) is 0 Å². The lowest BCUT2D eigenvalue weighted by Crippen LogP contribution is -2.36. The molecule has 0 saturated carbocycles. The molecule has 0 aliphatic carbocycles. The Balaban J connectivity index is 1.82. The number of hydrogen-bond acceptors (Lipinski definition) is 4. The molecule has 1 aromatic carbocycles. The molecule has 1 saturated heterocycles. The molecule has 1 fully saturated rings. The number of alkyl halides is 2. The first-order valence-corrected chi connectivity index (χ1v) is 8.66. The van der Waals surface area contributed by atoms with E-state index in [0.717, 1.165) is 32.2 Å². The van der Waals surface area contributed by atoms with Crippen molar-refractivity contribution in [3.8, 4) is 0 Å². The van der Waals surface area contributed by atoms with Gasteiger partial charge in [0.1, 0.15) is 0 Å². The molecule has 128 valence electrons. The molecule has 1 atom stereocenters. The van der Waals surface area contributed by atoms with E-state index in [-0.39, 0.29) is 12.5 Å². The third-order valence-electron chi connectivity index (χ3n) is 3.90. The number of hydrogen-bond donors (Lipinski definition) is 2. The Labute approximate surface area is 139 Å². The Kier molecular flexibility index (Phi) is 7.26. The summed E-state index contributed by atoms with van der Waals surface area (Å²) < 4.78 is 24.5. The SMILES string of the molecule is O=C(CN1CCCC1CCCO)Nc1ccc(SC(F)F)cc1. The second-order valence-corrected chi connectivity index (χ2v) is 6.65. The molecule has 1 aliphatic heterocycles. The molecular formula is C16H22F2N2O2S. The molecule has 2 N–H and O–H groups in total. The van der Waals surface area contributed by atoms with Gasteiger partial charge in [0.25, 0.3) is 5.76 Å². The van der Waals surface area contributed by atoms with Gasteiger partial charge >= 0.3 is 0 Å². The number of carbonyl (C=O) groups excluding carboxylic acids is 1. The highest BCUT2D eigenvalue weighted by Crippen LogP contribution is 2.26. The minimum atomic E-state index is -2.44. The number of rotatable bonds is 8. The minimum Gasteiger partial charge on any atom is -0.396 e. The van der Waals surface area contributed by atoms with Crippen molar-refractivity contribution < 1.29 is 18.7 Å². The van der Waals surface area contributed by atoms with Crippen LogP contribution in [0.1, 0.15) is 25.7 Å². The van der Waals surface area contributed by atoms with Crippen LogP contribution in [0.3, 0.4) is 0 Å². The summed E-state index contributed by atoms with van der Waals surface area (Å²) in [6.45, 7) is 1.40. The molecule has 0 spiro atoms. The number of halogens is 2. The van der Waals surface area contributed by atoms with Crippen molar-refractivity contribution in [2.75, 3.05) is 25.0 Å². The number of thioether (sulfide) groups is 1. The number of aliphatic hydroxyl groups is 1. The summed E-state index contributed by atoms with van der Waals surface area (Å²) in [6, 6.07) is 6.78. The summed E-state index contributed by atoms with van der Waals surface area (Å²) in [7, 11) is 0. The van der Waals surface area contributed by atoms with Gasteiger partial charge in [0.05, 0.1) is 6.54 Å². The van der Waals surface area contributed by atoms with Crippen molar-refractivity contribution >= 4 is 23.4 Å². The van der Waals surface area contributed by atoms with E-state index in [1.54, 1.807) is 24.3 Å². The molecule has 1 heterocycles. The predicted octanol–water partition coefficient (Wildman–Crippen LogP) is 3.18. The molecule has 4 nitrogen and oxygen atoms in total. The highest BCUT2D eigenvalue weighted by atomic mass is 32.2. The van der Waals surface area contributed by atoms with Gasteiger partial charge in [-0.05, 0) is 56.5 Å². The average Bonchev–Trinajstić information content (AvgIpc) is 2.93. The van der Waals surface area contributed by atoms with Crippen molar-refractivity contribution in [2.45, 2.75) is 42.4 Å². The highest BCUT2D eigenvalue weighted by molar-refractivity contribution is 7.99. The van der Waals surface area contributed by atoms with E-state index in [1.165, 1.54) is 0 Å². The van der Waals surface area contributed by atoms with E-state index in [0.29, 0.717) is 34.9 Å². The van der Waals surface area contributed by atoms with E-state index < -0.39 is 5.76 Å². The third kappa shape index (κ3) is 6.08. The number of nitrogens with one attached hydrogen (secondary N) is 1. The van der Waals surface area contributed by atoms with Crippen LogP contribution in [0.2, 0.25) is 0 Å². The lowest BCUT2D eigenvalue weighted by molar-refractivity contribution is -0.117. The zero-order valence-corrected chi connectivity index (χ0v) is 13.7. The van der Waals surface area contributed by atoms with Gasteiger partial charge in [0.2, 0.25) is 5.91 Å². The smallest absolute Gasteiger partial charge is 0.288 e. The maximum Gasteiger partial charge on any atom is 0.288 e. The number of nitrogens with zero attached hydrogens (tertiary/aromatic N) is 1. The monoisotopic (exact) mass is 344 g/mol. The van der Waals surface area contributed by atoms with Crippen LogP contribution in [-0.2, 0) is 4.79 Å². The fourth-order valence-corrected chi connectivity index (χ4v) is 3.36. The number of likely N-dealkylation sites (tertiary alicyclic amines) is 1. The van der Waals surface area contributed by atoms with Gasteiger partial charge in [0.15, 0.2) is 0 Å². The fourth-order valence-electron chi connectivity index (χ4n) is 2.86. The van der Waals surface area contributed by atoms with Crippen LogP contribution in [0.25, 0.3) is 0 Å². The van der Waals surface area contributed by atoms with Crippen molar-refractivity contribution in [2.24, 2.45) is 0 Å². The Morgan fingerprint density at radius 1 is 1.39 bits per heavy atom. The zero-order chi connectivity index (χ0) is 16.7. The van der Waals surface area contributed by atoms with Crippen molar-refractivity contribution in [1.82, 2.24) is 4.90 Å². The largest absolute Gasteiger partial charge is 0.396 e. The second-order valence-electron chi connectivity index (χ2n) is 5.58. The lowest BCUT2D eigenvalue weighted by atomic mass is 10.1. The van der Waals surface area contributed by atoms with Crippen LogP contribution in [-0.4, -0.2) is 47.4 Å². The second kappa shape index (κ2) is 9.20. The van der Waals surface area contributed by atoms with Crippen LogP contribution in [0, 0.1) is 0 Å². The van der Waals surface area contributed by atoms with E-state index in [2.05, 4.69) is 10.2 Å². The average molecular weight is 344 g/mol. The molecule has 0 aromatic heterocycles. The molecule has 1 unspecified atom stereocenters. The van der Waals surface area contributed by atoms with Crippen LogP contribution < -0.4 is 5.32 Å². The zero-order valence-electron chi connectivity index (χ0n) is 12.9. The first-order valence-electron chi connectivity index (χ1n) is 7.78. The highest BCUT2D eigenvalue weighted by Gasteiger charge is 2.25. The Bertz CT molecular complexity index is 499. The first kappa shape index (κ1) is 18.2. The molecule has 0 radical (unpaired) electrons. The predicted molar refractivity (Wildman–Crippen MR) is 87.8 cm³/mol. The van der Waals surface area contributed by atoms with Crippen molar-refractivity contribution in [1.29, 1.82) is 0 Å². The van der Waals surface area contributed by atoms with Crippen LogP contribution >= 0.6 is 11.8 Å². The van der Waals surface area contributed by atoms with Crippen LogP contribution in [0.5, 0.6) is 0 Å². The normalized spacial score (nSPS) is 18.5. The van der Waals surface area contributed by atoms with Gasteiger partial charge in [-0.3, -0.25) is 9.69 Å². The quantitative estimate of drug-likeness (QED) is 0.711. The van der Waals surface area contributed by atoms with Gasteiger partial charge < -0.3 is 10.4 Å². The molecule has 1 aliphatic rings. The number of amides is 1. The maximum absolute atomic E-state index is 12.3. The van der Waals surface area contributed by atoms with E-state index in [9.17, 15) is 13.6 Å². The van der Waals surface area contributed by atoms with Gasteiger partial charge in [-0.2, -0.15) is 8.78 Å². The molecule has 0 bridgehead atoms. The minimum absolute atomic E-state index is 0.102. The summed E-state index contributed by atoms with van der Waals surface area (Å²) in [4.78, 5) is 14.7. The Hall–Kier alpha value is -1.18. The molecule has 7 heteroatoms. The first-order chi connectivity index (χ1) is 11.1. The molecule has 1 amide bonds. The topological polar surface area (TPSA) is 52.6 Å². The van der Waals surface area contributed by atoms with Gasteiger partial charge in [-0.25, -0.2) is 0 Å². The third-order valence-corrected chi connectivity index (χ3v) is 4.63. The van der Waals surface area contributed by atoms with Crippen LogP contribution in [0.15, 0.2) is 29.2 Å². The van der Waals surface area contributed by atoms with Crippen LogP contribution in [0.4, 0.5) is 14.5 Å². The molecule has 2 rings (SSSR count). The van der Waals surface area contributed by atoms with Crippen molar-refractivity contribution in [3.05, 3.63) is 24.3 Å². The summed E-state index contributed by atoms with van der Waals surface area (Å²) in [6.07, 6.45) is 3.80. The van der Waals surface area contributed by atoms with E-state index in [4.69, 9.17) is 5.11 Å². The number of carbonyl (C=O) groups is 1. The van der Waals surface area contributed by atoms with E-state index in [1.807, 2.05) is 0 Å². The number of benzene rings is 1. The molecular weight excluding hydrogens is 322 g/mol. The summed E-state index contributed by atoms with van der Waals surface area (Å²) in [5.74, 6) is -2.54. The number of anilines is 1. The maximum atomic E-state index is 12.3. The fraction of sp³-hybridized carbons (Fsp3) is 0.562. The standard InChI is InChI=1S/C16H22F2N2O2S/c17-16(18)23-14-7-5-12(6-8-14)19-15(22)11-20-9-1-3-13(20)4-2-10-21/h5-8,13,16,21H,1-4,9-11H2,(H,19,22). The van der Waals surface area contributed by atoms with Gasteiger partial charge in [0, 0.05) is 23.2 Å². The van der Waals surface area contributed by atoms with E-state index >= 15 is 0 Å². The lowest BCUT2D eigenvalue weighted by Gasteiger charge is -2.23. The Morgan fingerprint density at radius 3 is 2.78 bits per heavy atom. The van der Waals surface area contributed by atoms with Crippen molar-refractivity contribution in [3.63, 3.8) is 0 Å².